The van der Waals surface area contributed by atoms with E-state index in [4.69, 9.17) is 23.2 Å². The monoisotopic (exact) mass is 369 g/mol. The van der Waals surface area contributed by atoms with Crippen molar-refractivity contribution in [1.82, 2.24) is 5.32 Å². The number of carbonyl (C=O) groups is 1. The summed E-state index contributed by atoms with van der Waals surface area (Å²) in [7, 11) is 0. The fraction of sp³-hybridized carbons (Fsp3) is 0.182. The van der Waals surface area contributed by atoms with Crippen LogP contribution in [0.3, 0.4) is 0 Å². The SMILES string of the molecule is C=CCCNC(=O)c1cc(Cl)cc(Cl)c1I. The van der Waals surface area contributed by atoms with E-state index < -0.39 is 0 Å². The van der Waals surface area contributed by atoms with Gasteiger partial charge in [0.2, 0.25) is 0 Å². The van der Waals surface area contributed by atoms with E-state index in [-0.39, 0.29) is 5.91 Å². The molecule has 0 aliphatic rings. The second-order valence-corrected chi connectivity index (χ2v) is 5.00. The van der Waals surface area contributed by atoms with E-state index in [1.165, 1.54) is 0 Å². The van der Waals surface area contributed by atoms with Crippen LogP contribution in [0, 0.1) is 3.57 Å². The van der Waals surface area contributed by atoms with Crippen LogP contribution in [-0.4, -0.2) is 12.5 Å². The van der Waals surface area contributed by atoms with Crippen LogP contribution >= 0.6 is 45.8 Å². The molecule has 0 aliphatic carbocycles. The molecule has 1 N–H and O–H groups in total. The van der Waals surface area contributed by atoms with Crippen molar-refractivity contribution in [1.29, 1.82) is 0 Å². The molecule has 5 heteroatoms. The maximum absolute atomic E-state index is 11.8. The van der Waals surface area contributed by atoms with Crippen molar-refractivity contribution < 1.29 is 4.79 Å². The van der Waals surface area contributed by atoms with E-state index in [1.807, 2.05) is 22.6 Å². The molecule has 0 radical (unpaired) electrons. The first-order valence-corrected chi connectivity index (χ1v) is 6.43. The van der Waals surface area contributed by atoms with Gasteiger partial charge in [0.15, 0.2) is 0 Å². The van der Waals surface area contributed by atoms with Gasteiger partial charge < -0.3 is 5.32 Å². The zero-order valence-electron chi connectivity index (χ0n) is 8.40. The van der Waals surface area contributed by atoms with Crippen molar-refractivity contribution in [3.63, 3.8) is 0 Å². The van der Waals surface area contributed by atoms with Crippen LogP contribution in [0.25, 0.3) is 0 Å². The molecule has 0 unspecified atom stereocenters. The van der Waals surface area contributed by atoms with Gasteiger partial charge in [0.05, 0.1) is 10.6 Å². The van der Waals surface area contributed by atoms with Gasteiger partial charge in [0.1, 0.15) is 0 Å². The Bertz CT molecular complexity index is 421. The van der Waals surface area contributed by atoms with Crippen molar-refractivity contribution in [2.24, 2.45) is 0 Å². The number of benzene rings is 1. The van der Waals surface area contributed by atoms with Gasteiger partial charge in [-0.1, -0.05) is 29.3 Å². The fourth-order valence-corrected chi connectivity index (χ4v) is 2.15. The molecule has 1 aromatic rings. The van der Waals surface area contributed by atoms with E-state index in [0.29, 0.717) is 25.7 Å². The summed E-state index contributed by atoms with van der Waals surface area (Å²) in [6.07, 6.45) is 2.48. The highest BCUT2D eigenvalue weighted by molar-refractivity contribution is 14.1. The molecular weight excluding hydrogens is 360 g/mol. The predicted octanol–water partition coefficient (Wildman–Crippen LogP) is 3.90. The third-order valence-corrected chi connectivity index (χ3v) is 3.87. The lowest BCUT2D eigenvalue weighted by molar-refractivity contribution is 0.0953. The quantitative estimate of drug-likeness (QED) is 0.371. The third kappa shape index (κ3) is 3.64. The number of hydrogen-bond acceptors (Lipinski definition) is 1. The number of carbonyl (C=O) groups excluding carboxylic acids is 1. The molecule has 0 aromatic heterocycles. The molecule has 0 fully saturated rings. The number of amides is 1. The number of hydrogen-bond donors (Lipinski definition) is 1. The average Bonchev–Trinajstić information content (AvgIpc) is 2.23. The number of nitrogens with one attached hydrogen (secondary N) is 1. The van der Waals surface area contributed by atoms with Gasteiger partial charge in [-0.15, -0.1) is 6.58 Å². The predicted molar refractivity (Wildman–Crippen MR) is 76.3 cm³/mol. The maximum atomic E-state index is 11.8. The Morgan fingerprint density at radius 2 is 2.19 bits per heavy atom. The summed E-state index contributed by atoms with van der Waals surface area (Å²) in [5.74, 6) is -0.171. The molecule has 0 saturated carbocycles. The zero-order valence-corrected chi connectivity index (χ0v) is 12.1. The minimum Gasteiger partial charge on any atom is -0.352 e. The lowest BCUT2D eigenvalue weighted by Gasteiger charge is -2.07. The van der Waals surface area contributed by atoms with Crippen LogP contribution in [0.5, 0.6) is 0 Å². The van der Waals surface area contributed by atoms with Crippen molar-refractivity contribution in [3.05, 3.63) is 44.0 Å². The molecular formula is C11H10Cl2INO. The summed E-state index contributed by atoms with van der Waals surface area (Å²) in [6, 6.07) is 3.23. The summed E-state index contributed by atoms with van der Waals surface area (Å²) in [5.41, 5.74) is 0.502. The lowest BCUT2D eigenvalue weighted by Crippen LogP contribution is -2.25. The first kappa shape index (κ1) is 13.8. The van der Waals surface area contributed by atoms with Crippen molar-refractivity contribution in [2.75, 3.05) is 6.54 Å². The Kier molecular flexibility index (Phi) is 5.58. The molecule has 0 spiro atoms. The van der Waals surface area contributed by atoms with Gasteiger partial charge in [0, 0.05) is 15.1 Å². The first-order valence-electron chi connectivity index (χ1n) is 4.60. The smallest absolute Gasteiger partial charge is 0.252 e. The van der Waals surface area contributed by atoms with Crippen molar-refractivity contribution >= 4 is 51.7 Å². The number of rotatable bonds is 4. The minimum absolute atomic E-state index is 0.171. The second kappa shape index (κ2) is 6.47. The Morgan fingerprint density at radius 3 is 2.81 bits per heavy atom. The molecule has 0 bridgehead atoms. The Balaban J connectivity index is 2.86. The molecule has 2 nitrogen and oxygen atoms in total. The van der Waals surface area contributed by atoms with E-state index >= 15 is 0 Å². The molecule has 1 aromatic carbocycles. The standard InChI is InChI=1S/C11H10Cl2INO/c1-2-3-4-15-11(16)8-5-7(12)6-9(13)10(8)14/h2,5-6H,1,3-4H2,(H,15,16). The normalized spacial score (nSPS) is 9.94. The molecule has 0 atom stereocenters. The Labute approximate surface area is 118 Å². The first-order chi connectivity index (χ1) is 7.56. The fourth-order valence-electron chi connectivity index (χ4n) is 1.10. The van der Waals surface area contributed by atoms with Crippen LogP contribution in [0.15, 0.2) is 24.8 Å². The summed E-state index contributed by atoms with van der Waals surface area (Å²) in [5, 5.41) is 3.71. The molecule has 1 rings (SSSR count). The topological polar surface area (TPSA) is 29.1 Å². The summed E-state index contributed by atoms with van der Waals surface area (Å²) in [4.78, 5) is 11.8. The van der Waals surface area contributed by atoms with Crippen LogP contribution in [-0.2, 0) is 0 Å². The van der Waals surface area contributed by atoms with E-state index in [0.717, 1.165) is 6.42 Å². The Hall–Kier alpha value is -0.260. The van der Waals surface area contributed by atoms with Gasteiger partial charge in [0.25, 0.3) is 5.91 Å². The highest BCUT2D eigenvalue weighted by Gasteiger charge is 2.13. The summed E-state index contributed by atoms with van der Waals surface area (Å²) >= 11 is 13.8. The minimum atomic E-state index is -0.171. The highest BCUT2D eigenvalue weighted by Crippen LogP contribution is 2.26. The average molecular weight is 370 g/mol. The lowest BCUT2D eigenvalue weighted by atomic mass is 10.2. The van der Waals surface area contributed by atoms with Crippen LogP contribution in [0.2, 0.25) is 10.0 Å². The molecule has 0 heterocycles. The van der Waals surface area contributed by atoms with Gasteiger partial charge in [-0.05, 0) is 41.1 Å². The zero-order chi connectivity index (χ0) is 12.1. The third-order valence-electron chi connectivity index (χ3n) is 1.87. The second-order valence-electron chi connectivity index (χ2n) is 3.08. The van der Waals surface area contributed by atoms with Crippen LogP contribution in [0.4, 0.5) is 0 Å². The molecule has 16 heavy (non-hydrogen) atoms. The molecule has 0 saturated heterocycles. The van der Waals surface area contributed by atoms with E-state index in [2.05, 4.69) is 11.9 Å². The van der Waals surface area contributed by atoms with Gasteiger partial charge >= 0.3 is 0 Å². The number of halogens is 3. The van der Waals surface area contributed by atoms with Crippen LogP contribution < -0.4 is 5.32 Å². The molecule has 0 aliphatic heterocycles. The molecule has 1 amide bonds. The van der Waals surface area contributed by atoms with E-state index in [1.54, 1.807) is 18.2 Å². The van der Waals surface area contributed by atoms with Gasteiger partial charge in [-0.3, -0.25) is 4.79 Å². The van der Waals surface area contributed by atoms with Gasteiger partial charge in [-0.25, -0.2) is 0 Å². The largest absolute Gasteiger partial charge is 0.352 e. The van der Waals surface area contributed by atoms with Crippen LogP contribution in [0.1, 0.15) is 16.8 Å². The Morgan fingerprint density at radius 1 is 1.50 bits per heavy atom. The van der Waals surface area contributed by atoms with Crippen molar-refractivity contribution in [2.45, 2.75) is 6.42 Å². The maximum Gasteiger partial charge on any atom is 0.252 e. The highest BCUT2D eigenvalue weighted by atomic mass is 127. The molecule has 86 valence electrons. The van der Waals surface area contributed by atoms with Crippen molar-refractivity contribution in [3.8, 4) is 0 Å². The van der Waals surface area contributed by atoms with E-state index in [9.17, 15) is 4.79 Å². The van der Waals surface area contributed by atoms with Gasteiger partial charge in [-0.2, -0.15) is 0 Å². The summed E-state index contributed by atoms with van der Waals surface area (Å²) in [6.45, 7) is 4.14. The summed E-state index contributed by atoms with van der Waals surface area (Å²) < 4.78 is 0.708.